The van der Waals surface area contributed by atoms with Crippen LogP contribution in [-0.2, 0) is 6.54 Å². The van der Waals surface area contributed by atoms with Crippen molar-refractivity contribution in [2.75, 3.05) is 24.3 Å². The minimum Gasteiger partial charge on any atom is -0.362 e. The second kappa shape index (κ2) is 8.49. The van der Waals surface area contributed by atoms with Crippen LogP contribution in [0.2, 0.25) is 0 Å². The Balaban J connectivity index is 1.46. The lowest BCUT2D eigenvalue weighted by Gasteiger charge is -2.30. The molecule has 0 aliphatic heterocycles. The Morgan fingerprint density at radius 3 is 2.31 bits per heavy atom. The quantitative estimate of drug-likeness (QED) is 0.830. The van der Waals surface area contributed by atoms with E-state index >= 15 is 0 Å². The van der Waals surface area contributed by atoms with Crippen molar-refractivity contribution in [1.29, 1.82) is 0 Å². The molecule has 5 nitrogen and oxygen atoms in total. The summed E-state index contributed by atoms with van der Waals surface area (Å²) in [4.78, 5) is 11.1. The molecule has 0 saturated heterocycles. The van der Waals surface area contributed by atoms with Crippen molar-refractivity contribution >= 4 is 11.8 Å². The van der Waals surface area contributed by atoms with E-state index in [2.05, 4.69) is 51.8 Å². The van der Waals surface area contributed by atoms with Crippen molar-refractivity contribution in [2.45, 2.75) is 58.2 Å². The molecule has 1 fully saturated rings. The van der Waals surface area contributed by atoms with E-state index in [1.54, 1.807) is 0 Å². The monoisotopic (exact) mass is 353 g/mol. The summed E-state index contributed by atoms with van der Waals surface area (Å²) in [5.74, 6) is 1.73. The van der Waals surface area contributed by atoms with Gasteiger partial charge in [-0.05, 0) is 45.1 Å². The molecule has 1 aromatic heterocycles. The number of nitrogens with one attached hydrogen (secondary N) is 2. The molecule has 0 atom stereocenters. The van der Waals surface area contributed by atoms with Crippen LogP contribution in [0.4, 0.5) is 11.8 Å². The summed E-state index contributed by atoms with van der Waals surface area (Å²) >= 11 is 0. The van der Waals surface area contributed by atoms with Gasteiger partial charge in [-0.15, -0.1) is 0 Å². The van der Waals surface area contributed by atoms with E-state index in [-0.39, 0.29) is 0 Å². The summed E-state index contributed by atoms with van der Waals surface area (Å²) in [5.41, 5.74) is 3.78. The number of nitrogens with zero attached hydrogens (tertiary/aromatic N) is 3. The number of benzene rings is 1. The number of aromatic nitrogens is 2. The average Bonchev–Trinajstić information content (AvgIpc) is 2.64. The second-order valence-electron chi connectivity index (χ2n) is 7.65. The van der Waals surface area contributed by atoms with Gasteiger partial charge in [0.1, 0.15) is 5.82 Å². The van der Waals surface area contributed by atoms with E-state index in [0.717, 1.165) is 36.7 Å². The fraction of sp³-hybridized carbons (Fsp3) is 0.524. The Kier molecular flexibility index (Phi) is 6.09. The molecule has 5 heteroatoms. The first kappa shape index (κ1) is 18.6. The predicted octanol–water partition coefficient (Wildman–Crippen LogP) is 3.67. The topological polar surface area (TPSA) is 53.1 Å². The Hall–Kier alpha value is -2.14. The number of hydrogen-bond donors (Lipinski definition) is 2. The average molecular weight is 354 g/mol. The van der Waals surface area contributed by atoms with Crippen LogP contribution < -0.4 is 15.5 Å². The van der Waals surface area contributed by atoms with Crippen molar-refractivity contribution in [2.24, 2.45) is 0 Å². The zero-order valence-corrected chi connectivity index (χ0v) is 16.4. The minimum atomic E-state index is 0.463. The first-order chi connectivity index (χ1) is 12.5. The summed E-state index contributed by atoms with van der Waals surface area (Å²) in [6, 6.07) is 9.86. The van der Waals surface area contributed by atoms with Crippen LogP contribution in [0.5, 0.6) is 0 Å². The third-order valence-corrected chi connectivity index (χ3v) is 5.14. The molecule has 2 aromatic rings. The van der Waals surface area contributed by atoms with Crippen LogP contribution in [0.15, 0.2) is 30.5 Å². The molecule has 26 heavy (non-hydrogen) atoms. The Bertz CT molecular complexity index is 703. The van der Waals surface area contributed by atoms with Gasteiger partial charge in [0.15, 0.2) is 0 Å². The molecule has 140 valence electrons. The zero-order valence-electron chi connectivity index (χ0n) is 16.4. The maximum Gasteiger partial charge on any atom is 0.224 e. The summed E-state index contributed by atoms with van der Waals surface area (Å²) in [6.07, 6.45) is 6.59. The van der Waals surface area contributed by atoms with Gasteiger partial charge in [0, 0.05) is 44.5 Å². The Morgan fingerprint density at radius 2 is 1.65 bits per heavy atom. The van der Waals surface area contributed by atoms with Crippen molar-refractivity contribution in [1.82, 2.24) is 15.3 Å². The first-order valence-electron chi connectivity index (χ1n) is 9.57. The highest BCUT2D eigenvalue weighted by molar-refractivity contribution is 5.47. The predicted molar refractivity (Wildman–Crippen MR) is 109 cm³/mol. The van der Waals surface area contributed by atoms with Crippen LogP contribution >= 0.6 is 0 Å². The van der Waals surface area contributed by atoms with Gasteiger partial charge in [0.25, 0.3) is 0 Å². The summed E-state index contributed by atoms with van der Waals surface area (Å²) in [5, 5.41) is 7.23. The van der Waals surface area contributed by atoms with Gasteiger partial charge in [-0.2, -0.15) is 4.98 Å². The van der Waals surface area contributed by atoms with Gasteiger partial charge in [0.2, 0.25) is 5.95 Å². The van der Waals surface area contributed by atoms with Gasteiger partial charge >= 0.3 is 0 Å². The van der Waals surface area contributed by atoms with E-state index in [4.69, 9.17) is 0 Å². The van der Waals surface area contributed by atoms with Gasteiger partial charge in [-0.3, -0.25) is 0 Å². The summed E-state index contributed by atoms with van der Waals surface area (Å²) < 4.78 is 0. The van der Waals surface area contributed by atoms with Crippen LogP contribution in [0.1, 0.15) is 42.4 Å². The van der Waals surface area contributed by atoms with E-state index in [1.807, 2.05) is 32.1 Å². The number of aryl methyl sites for hydroxylation is 2. The largest absolute Gasteiger partial charge is 0.362 e. The maximum absolute atomic E-state index is 4.66. The third-order valence-electron chi connectivity index (χ3n) is 5.14. The van der Waals surface area contributed by atoms with E-state index < -0.39 is 0 Å². The van der Waals surface area contributed by atoms with Crippen molar-refractivity contribution in [3.8, 4) is 0 Å². The molecule has 0 spiro atoms. The standard InChI is InChI=1S/C21H31N5/c1-15-5-7-17(8-6-15)14-22-18-9-11-19(12-10-18)24-21-23-13-16(2)20(25-21)26(3)4/h5-8,13,18-19,22H,9-12,14H2,1-4H3,(H,23,24,25). The second-order valence-corrected chi connectivity index (χ2v) is 7.65. The van der Waals surface area contributed by atoms with Crippen LogP contribution in [-0.4, -0.2) is 36.1 Å². The van der Waals surface area contributed by atoms with Crippen molar-refractivity contribution in [3.63, 3.8) is 0 Å². The molecule has 1 aromatic carbocycles. The highest BCUT2D eigenvalue weighted by Crippen LogP contribution is 2.23. The van der Waals surface area contributed by atoms with E-state index in [9.17, 15) is 0 Å². The van der Waals surface area contributed by atoms with E-state index in [1.165, 1.54) is 24.0 Å². The van der Waals surface area contributed by atoms with Crippen molar-refractivity contribution < 1.29 is 0 Å². The Morgan fingerprint density at radius 1 is 1.00 bits per heavy atom. The molecule has 2 N–H and O–H groups in total. The fourth-order valence-electron chi connectivity index (χ4n) is 3.55. The zero-order chi connectivity index (χ0) is 18.5. The number of hydrogen-bond acceptors (Lipinski definition) is 5. The highest BCUT2D eigenvalue weighted by atomic mass is 15.2. The normalized spacial score (nSPS) is 20.0. The molecule has 0 amide bonds. The first-order valence-corrected chi connectivity index (χ1v) is 9.57. The molecular weight excluding hydrogens is 322 g/mol. The lowest BCUT2D eigenvalue weighted by molar-refractivity contribution is 0.352. The molecule has 1 saturated carbocycles. The van der Waals surface area contributed by atoms with E-state index in [0.29, 0.717) is 12.1 Å². The Labute approximate surface area is 157 Å². The van der Waals surface area contributed by atoms with Crippen LogP contribution in [0.25, 0.3) is 0 Å². The summed E-state index contributed by atoms with van der Waals surface area (Å²) in [7, 11) is 4.04. The lowest BCUT2D eigenvalue weighted by atomic mass is 9.91. The third kappa shape index (κ3) is 4.94. The SMILES string of the molecule is Cc1ccc(CNC2CCC(Nc3ncc(C)c(N(C)C)n3)CC2)cc1. The van der Waals surface area contributed by atoms with Crippen LogP contribution in [0, 0.1) is 13.8 Å². The molecule has 1 aliphatic carbocycles. The number of anilines is 2. The molecule has 1 aliphatic rings. The lowest BCUT2D eigenvalue weighted by Crippen LogP contribution is -2.37. The van der Waals surface area contributed by atoms with Gasteiger partial charge in [-0.25, -0.2) is 4.98 Å². The molecule has 0 radical (unpaired) electrons. The molecule has 1 heterocycles. The van der Waals surface area contributed by atoms with Crippen molar-refractivity contribution in [3.05, 3.63) is 47.2 Å². The number of rotatable bonds is 6. The summed E-state index contributed by atoms with van der Waals surface area (Å²) in [6.45, 7) is 5.13. The molecule has 3 rings (SSSR count). The van der Waals surface area contributed by atoms with Gasteiger partial charge in [-0.1, -0.05) is 29.8 Å². The highest BCUT2D eigenvalue weighted by Gasteiger charge is 2.21. The molecular formula is C21H31N5. The van der Waals surface area contributed by atoms with Crippen LogP contribution in [0.3, 0.4) is 0 Å². The molecule has 0 unspecified atom stereocenters. The van der Waals surface area contributed by atoms with Gasteiger partial charge in [0.05, 0.1) is 0 Å². The minimum absolute atomic E-state index is 0.463. The smallest absolute Gasteiger partial charge is 0.224 e. The fourth-order valence-corrected chi connectivity index (χ4v) is 3.55. The van der Waals surface area contributed by atoms with Gasteiger partial charge < -0.3 is 15.5 Å². The maximum atomic E-state index is 4.66. The molecule has 0 bridgehead atoms.